The molecule has 0 bridgehead atoms. The summed E-state index contributed by atoms with van der Waals surface area (Å²) in [6.45, 7) is 0. The Bertz CT molecular complexity index is 1320. The molecule has 0 fully saturated rings. The van der Waals surface area contributed by atoms with Crippen LogP contribution >= 0.6 is 23.2 Å². The molecule has 0 N–H and O–H groups in total. The molecule has 0 aliphatic rings. The van der Waals surface area contributed by atoms with E-state index in [1.807, 2.05) is 60.7 Å². The highest BCUT2D eigenvalue weighted by Crippen LogP contribution is 2.32. The van der Waals surface area contributed by atoms with Crippen molar-refractivity contribution in [3.8, 4) is 23.1 Å². The zero-order valence-corrected chi connectivity index (χ0v) is 15.9. The smallest absolute Gasteiger partial charge is 0.310 e. The van der Waals surface area contributed by atoms with Gasteiger partial charge in [0, 0.05) is 10.9 Å². The van der Waals surface area contributed by atoms with E-state index in [2.05, 4.69) is 10.2 Å². The summed E-state index contributed by atoms with van der Waals surface area (Å²) >= 11 is 12.3. The van der Waals surface area contributed by atoms with Gasteiger partial charge in [-0.15, -0.1) is 10.2 Å². The van der Waals surface area contributed by atoms with E-state index in [0.29, 0.717) is 33.3 Å². The van der Waals surface area contributed by atoms with Crippen molar-refractivity contribution in [1.29, 1.82) is 0 Å². The van der Waals surface area contributed by atoms with E-state index in [9.17, 15) is 0 Å². The van der Waals surface area contributed by atoms with Crippen molar-refractivity contribution < 1.29 is 4.74 Å². The van der Waals surface area contributed by atoms with Crippen LogP contribution in [0, 0.1) is 0 Å². The van der Waals surface area contributed by atoms with Crippen molar-refractivity contribution in [3.63, 3.8) is 0 Å². The predicted octanol–water partition coefficient (Wildman–Crippen LogP) is 6.04. The highest BCUT2D eigenvalue weighted by molar-refractivity contribution is 6.42. The fourth-order valence-electron chi connectivity index (χ4n) is 3.04. The van der Waals surface area contributed by atoms with E-state index >= 15 is 0 Å². The molecule has 5 rings (SSSR count). The number of benzene rings is 3. The van der Waals surface area contributed by atoms with Crippen molar-refractivity contribution in [2.45, 2.75) is 0 Å². The van der Waals surface area contributed by atoms with E-state index in [1.165, 1.54) is 0 Å². The van der Waals surface area contributed by atoms with Gasteiger partial charge in [-0.3, -0.25) is 0 Å². The lowest BCUT2D eigenvalue weighted by molar-refractivity contribution is 0.438. The minimum absolute atomic E-state index is 0.367. The number of rotatable bonds is 3. The van der Waals surface area contributed by atoms with Crippen LogP contribution in [0.4, 0.5) is 0 Å². The third kappa shape index (κ3) is 2.85. The van der Waals surface area contributed by atoms with Crippen LogP contribution in [0.1, 0.15) is 0 Å². The Morgan fingerprint density at radius 3 is 2.39 bits per heavy atom. The minimum atomic E-state index is 0.367. The topological polar surface area (TPSA) is 52.3 Å². The van der Waals surface area contributed by atoms with E-state index < -0.39 is 0 Å². The summed E-state index contributed by atoms with van der Waals surface area (Å²) in [6, 6.07) is 22.9. The van der Waals surface area contributed by atoms with Gasteiger partial charge in [-0.05, 0) is 42.5 Å². The summed E-state index contributed by atoms with van der Waals surface area (Å²) in [6.07, 6.45) is 0. The highest BCUT2D eigenvalue weighted by Gasteiger charge is 2.18. The Balaban J connectivity index is 1.80. The summed E-state index contributed by atoms with van der Waals surface area (Å²) < 4.78 is 7.87. The van der Waals surface area contributed by atoms with Crippen molar-refractivity contribution in [2.24, 2.45) is 0 Å². The summed E-state index contributed by atoms with van der Waals surface area (Å²) in [4.78, 5) is 4.70. The molecule has 0 amide bonds. The fraction of sp³-hybridized carbons (Fsp3) is 0. The molecule has 5 nitrogen and oxygen atoms in total. The monoisotopic (exact) mass is 406 g/mol. The van der Waals surface area contributed by atoms with Crippen LogP contribution in [0.3, 0.4) is 0 Å². The Morgan fingerprint density at radius 2 is 1.57 bits per heavy atom. The first kappa shape index (κ1) is 17.0. The van der Waals surface area contributed by atoms with E-state index in [1.54, 1.807) is 16.5 Å². The van der Waals surface area contributed by atoms with Crippen LogP contribution in [-0.4, -0.2) is 19.6 Å². The number of aromatic nitrogens is 4. The van der Waals surface area contributed by atoms with Crippen LogP contribution in [0.5, 0.6) is 11.8 Å². The maximum atomic E-state index is 6.21. The third-order valence-electron chi connectivity index (χ3n) is 4.35. The van der Waals surface area contributed by atoms with Crippen molar-refractivity contribution in [1.82, 2.24) is 19.6 Å². The van der Waals surface area contributed by atoms with Crippen LogP contribution in [0.2, 0.25) is 10.0 Å². The quantitative estimate of drug-likeness (QED) is 0.366. The molecular weight excluding hydrogens is 395 g/mol. The lowest BCUT2D eigenvalue weighted by Gasteiger charge is -2.10. The Kier molecular flexibility index (Phi) is 4.11. The molecule has 3 aromatic carbocycles. The average Bonchev–Trinajstić information content (AvgIpc) is 3.17. The molecule has 2 heterocycles. The summed E-state index contributed by atoms with van der Waals surface area (Å²) in [5.41, 5.74) is 2.18. The summed E-state index contributed by atoms with van der Waals surface area (Å²) in [5.74, 6) is 1.23. The van der Waals surface area contributed by atoms with Gasteiger partial charge in [-0.25, -0.2) is 4.40 Å². The number of para-hydroxylation sites is 2. The molecule has 0 aliphatic heterocycles. The first-order valence-electron chi connectivity index (χ1n) is 8.53. The zero-order valence-electron chi connectivity index (χ0n) is 14.4. The maximum absolute atomic E-state index is 6.21. The molecular formula is C21H12Cl2N4O. The van der Waals surface area contributed by atoms with Crippen LogP contribution < -0.4 is 4.74 Å². The number of ether oxygens (including phenoxy) is 1. The van der Waals surface area contributed by atoms with Gasteiger partial charge in [0.2, 0.25) is 0 Å². The second kappa shape index (κ2) is 6.78. The molecule has 136 valence electrons. The van der Waals surface area contributed by atoms with Gasteiger partial charge in [-0.2, -0.15) is 4.98 Å². The predicted molar refractivity (Wildman–Crippen MR) is 110 cm³/mol. The molecule has 0 atom stereocenters. The third-order valence-corrected chi connectivity index (χ3v) is 5.08. The second-order valence-electron chi connectivity index (χ2n) is 6.14. The lowest BCUT2D eigenvalue weighted by Crippen LogP contribution is -2.00. The number of nitrogens with zero attached hydrogens (tertiary/aromatic N) is 4. The minimum Gasteiger partial charge on any atom is -0.425 e. The Hall–Kier alpha value is -3.15. The van der Waals surface area contributed by atoms with Gasteiger partial charge in [0.05, 0.1) is 15.6 Å². The number of hydrogen-bond acceptors (Lipinski definition) is 4. The summed E-state index contributed by atoms with van der Waals surface area (Å²) in [5, 5.41) is 10.6. The van der Waals surface area contributed by atoms with Gasteiger partial charge in [0.25, 0.3) is 0 Å². The Morgan fingerprint density at radius 1 is 0.786 bits per heavy atom. The van der Waals surface area contributed by atoms with Gasteiger partial charge >= 0.3 is 6.01 Å². The van der Waals surface area contributed by atoms with Crippen molar-refractivity contribution in [3.05, 3.63) is 82.8 Å². The molecule has 0 saturated carbocycles. The summed E-state index contributed by atoms with van der Waals surface area (Å²) in [7, 11) is 0. The molecule has 7 heteroatoms. The van der Waals surface area contributed by atoms with Crippen LogP contribution in [0.25, 0.3) is 27.9 Å². The molecule has 0 saturated heterocycles. The number of hydrogen-bond donors (Lipinski definition) is 0. The van der Waals surface area contributed by atoms with Crippen molar-refractivity contribution in [2.75, 3.05) is 0 Å². The molecule has 0 unspecified atom stereocenters. The normalized spacial score (nSPS) is 11.2. The van der Waals surface area contributed by atoms with Gasteiger partial charge in [-0.1, -0.05) is 53.5 Å². The first-order valence-corrected chi connectivity index (χ1v) is 9.28. The van der Waals surface area contributed by atoms with Gasteiger partial charge in [0.15, 0.2) is 11.5 Å². The van der Waals surface area contributed by atoms with Crippen molar-refractivity contribution >= 4 is 39.8 Å². The standard InChI is InChI=1S/C21H12Cl2N4O/c22-16-11-10-13(12-17(16)23)19-25-26-20-15-8-4-5-9-18(15)24-21(27(19)20)28-14-6-2-1-3-7-14/h1-12H. The highest BCUT2D eigenvalue weighted by atomic mass is 35.5. The molecule has 0 aliphatic carbocycles. The van der Waals surface area contributed by atoms with E-state index in [-0.39, 0.29) is 0 Å². The van der Waals surface area contributed by atoms with Crippen LogP contribution in [-0.2, 0) is 0 Å². The molecule has 5 aromatic rings. The van der Waals surface area contributed by atoms with Crippen LogP contribution in [0.15, 0.2) is 72.8 Å². The largest absolute Gasteiger partial charge is 0.425 e. The fourth-order valence-corrected chi connectivity index (χ4v) is 3.34. The second-order valence-corrected chi connectivity index (χ2v) is 6.95. The molecule has 28 heavy (non-hydrogen) atoms. The number of halogens is 2. The molecule has 2 aromatic heterocycles. The maximum Gasteiger partial charge on any atom is 0.310 e. The van der Waals surface area contributed by atoms with E-state index in [0.717, 1.165) is 16.5 Å². The van der Waals surface area contributed by atoms with Gasteiger partial charge in [0.1, 0.15) is 5.75 Å². The molecule has 0 radical (unpaired) electrons. The molecule has 0 spiro atoms. The first-order chi connectivity index (χ1) is 13.7. The average molecular weight is 407 g/mol. The lowest BCUT2D eigenvalue weighted by atomic mass is 10.2. The van der Waals surface area contributed by atoms with Gasteiger partial charge < -0.3 is 4.74 Å². The van der Waals surface area contributed by atoms with E-state index in [4.69, 9.17) is 32.9 Å². The number of fused-ring (bicyclic) bond motifs is 3. The Labute approximate surface area is 170 Å². The SMILES string of the molecule is Clc1ccc(-c2nnc3c4ccccc4nc(Oc4ccccc4)n23)cc1Cl. The zero-order chi connectivity index (χ0) is 19.1.